The molecule has 0 unspecified atom stereocenters. The molecule has 0 radical (unpaired) electrons. The van der Waals surface area contributed by atoms with E-state index in [0.29, 0.717) is 35.8 Å². The van der Waals surface area contributed by atoms with Gasteiger partial charge in [-0.3, -0.25) is 0 Å². The van der Waals surface area contributed by atoms with Crippen molar-refractivity contribution in [3.8, 4) is 28.5 Å². The zero-order valence-electron chi connectivity index (χ0n) is 18.6. The van der Waals surface area contributed by atoms with Gasteiger partial charge in [0.2, 0.25) is 11.9 Å². The molecule has 5 aromatic rings. The minimum Gasteiger partial charge on any atom is -0.496 e. The number of rotatable bonds is 8. The Morgan fingerprint density at radius 3 is 2.53 bits per heavy atom. The zero-order valence-corrected chi connectivity index (χ0v) is 18.6. The Morgan fingerprint density at radius 1 is 0.941 bits per heavy atom. The molecule has 2 aromatic carbocycles. The molecule has 0 saturated heterocycles. The maximum atomic E-state index is 5.64. The van der Waals surface area contributed by atoms with Gasteiger partial charge in [-0.15, -0.1) is 0 Å². The fourth-order valence-electron chi connectivity index (χ4n) is 3.42. The molecular weight excluding hydrogens is 432 g/mol. The summed E-state index contributed by atoms with van der Waals surface area (Å²) >= 11 is 0. The Morgan fingerprint density at radius 2 is 1.79 bits per heavy atom. The van der Waals surface area contributed by atoms with Crippen LogP contribution in [0.4, 0.5) is 17.6 Å². The van der Waals surface area contributed by atoms with Gasteiger partial charge in [-0.25, -0.2) is 4.98 Å². The van der Waals surface area contributed by atoms with E-state index in [9.17, 15) is 0 Å². The highest BCUT2D eigenvalue weighted by Crippen LogP contribution is 2.33. The van der Waals surface area contributed by atoms with Gasteiger partial charge in [0.05, 0.1) is 25.4 Å². The Hall–Kier alpha value is -4.66. The number of methoxy groups -OCH3 is 1. The number of nitrogens with zero attached hydrogens (tertiary/aromatic N) is 4. The molecule has 0 amide bonds. The maximum absolute atomic E-state index is 5.64. The van der Waals surface area contributed by atoms with E-state index in [1.54, 1.807) is 13.3 Å². The molecule has 9 nitrogen and oxygen atoms in total. The van der Waals surface area contributed by atoms with Crippen LogP contribution < -0.4 is 15.4 Å². The van der Waals surface area contributed by atoms with Gasteiger partial charge in [0.1, 0.15) is 17.3 Å². The Labute approximate surface area is 195 Å². The van der Waals surface area contributed by atoms with Crippen LogP contribution in [0.2, 0.25) is 0 Å². The first-order valence-electron chi connectivity index (χ1n) is 10.6. The quantitative estimate of drug-likeness (QED) is 0.316. The molecule has 0 aliphatic heterocycles. The Kier molecular flexibility index (Phi) is 5.89. The number of anilines is 3. The van der Waals surface area contributed by atoms with E-state index in [0.717, 1.165) is 28.3 Å². The zero-order chi connectivity index (χ0) is 23.3. The van der Waals surface area contributed by atoms with Gasteiger partial charge in [-0.1, -0.05) is 30.3 Å². The van der Waals surface area contributed by atoms with Crippen LogP contribution >= 0.6 is 0 Å². The van der Waals surface area contributed by atoms with Gasteiger partial charge in [-0.05, 0) is 31.2 Å². The number of ether oxygens (including phenoxy) is 1. The van der Waals surface area contributed by atoms with Crippen LogP contribution in [0.1, 0.15) is 11.5 Å². The molecule has 0 aliphatic carbocycles. The average Bonchev–Trinajstić information content (AvgIpc) is 3.55. The highest BCUT2D eigenvalue weighted by molar-refractivity contribution is 5.71. The first-order chi connectivity index (χ1) is 16.7. The largest absolute Gasteiger partial charge is 0.496 e. The highest BCUT2D eigenvalue weighted by atomic mass is 16.5. The summed E-state index contributed by atoms with van der Waals surface area (Å²) in [5.41, 5.74) is 2.42. The van der Waals surface area contributed by atoms with E-state index in [1.807, 2.05) is 67.6 Å². The van der Waals surface area contributed by atoms with Gasteiger partial charge in [-0.2, -0.15) is 15.0 Å². The lowest BCUT2D eigenvalue weighted by Crippen LogP contribution is -2.08. The predicted molar refractivity (Wildman–Crippen MR) is 128 cm³/mol. The molecule has 3 heterocycles. The van der Waals surface area contributed by atoms with Crippen molar-refractivity contribution < 1.29 is 13.6 Å². The van der Waals surface area contributed by atoms with E-state index in [4.69, 9.17) is 13.6 Å². The van der Waals surface area contributed by atoms with Crippen molar-refractivity contribution in [3.05, 3.63) is 84.8 Å². The van der Waals surface area contributed by atoms with Crippen molar-refractivity contribution in [1.82, 2.24) is 19.9 Å². The monoisotopic (exact) mass is 454 g/mol. The highest BCUT2D eigenvalue weighted by Gasteiger charge is 2.13. The summed E-state index contributed by atoms with van der Waals surface area (Å²) < 4.78 is 16.6. The molecule has 34 heavy (non-hydrogen) atoms. The fourth-order valence-corrected chi connectivity index (χ4v) is 3.42. The number of oxazole rings is 1. The first-order valence-corrected chi connectivity index (χ1v) is 10.6. The Balaban J connectivity index is 1.45. The second-order valence-electron chi connectivity index (χ2n) is 7.44. The molecule has 5 rings (SSSR count). The molecule has 0 saturated carbocycles. The number of furan rings is 1. The summed E-state index contributed by atoms with van der Waals surface area (Å²) in [6, 6.07) is 19.2. The standard InChI is InChI=1S/C25H22N6O3/c1-16-8-10-19(34-16)13-27-24-29-23(17-6-4-3-5-7-17)30-25(31-24)28-18-9-11-20(21(12-18)32-2)22-14-26-15-33-22/h3-12,14-15H,13H2,1-2H3,(H2,27,28,29,30,31). The first kappa shape index (κ1) is 21.2. The van der Waals surface area contributed by atoms with Crippen LogP contribution in [0.25, 0.3) is 22.7 Å². The van der Waals surface area contributed by atoms with Crippen molar-refractivity contribution in [2.75, 3.05) is 17.7 Å². The number of nitrogens with one attached hydrogen (secondary N) is 2. The SMILES string of the molecule is COc1cc(Nc2nc(NCc3ccc(C)o3)nc(-c3ccccc3)n2)ccc1-c1cnco1. The van der Waals surface area contributed by atoms with Crippen LogP contribution in [-0.4, -0.2) is 27.0 Å². The summed E-state index contributed by atoms with van der Waals surface area (Å²) in [5.74, 6) is 4.25. The third kappa shape index (κ3) is 4.73. The predicted octanol–water partition coefficient (Wildman–Crippen LogP) is 5.46. The minimum atomic E-state index is 0.390. The molecule has 2 N–H and O–H groups in total. The fraction of sp³-hybridized carbons (Fsp3) is 0.120. The smallest absolute Gasteiger partial charge is 0.232 e. The summed E-state index contributed by atoms with van der Waals surface area (Å²) in [7, 11) is 1.60. The summed E-state index contributed by atoms with van der Waals surface area (Å²) in [5, 5.41) is 6.47. The number of aryl methyl sites for hydroxylation is 1. The maximum Gasteiger partial charge on any atom is 0.232 e. The van der Waals surface area contributed by atoms with Gasteiger partial charge in [0.15, 0.2) is 18.0 Å². The summed E-state index contributed by atoms with van der Waals surface area (Å²) in [4.78, 5) is 17.7. The van der Waals surface area contributed by atoms with Crippen LogP contribution in [0.15, 0.2) is 82.1 Å². The molecule has 3 aromatic heterocycles. The summed E-state index contributed by atoms with van der Waals surface area (Å²) in [6.07, 6.45) is 3.02. The van der Waals surface area contributed by atoms with Crippen molar-refractivity contribution in [2.24, 2.45) is 0 Å². The van der Waals surface area contributed by atoms with Crippen LogP contribution in [-0.2, 0) is 6.54 Å². The van der Waals surface area contributed by atoms with E-state index in [1.165, 1.54) is 6.39 Å². The van der Waals surface area contributed by atoms with E-state index in [2.05, 4.69) is 30.6 Å². The molecule has 0 atom stereocenters. The molecule has 170 valence electrons. The van der Waals surface area contributed by atoms with Gasteiger partial charge in [0.25, 0.3) is 0 Å². The normalized spacial score (nSPS) is 10.8. The third-order valence-corrected chi connectivity index (χ3v) is 5.04. The lowest BCUT2D eigenvalue weighted by molar-refractivity contribution is 0.415. The lowest BCUT2D eigenvalue weighted by Gasteiger charge is -2.12. The minimum absolute atomic E-state index is 0.390. The topological polar surface area (TPSA) is 111 Å². The van der Waals surface area contributed by atoms with Crippen molar-refractivity contribution in [1.29, 1.82) is 0 Å². The molecule has 9 heteroatoms. The van der Waals surface area contributed by atoms with Gasteiger partial charge in [0, 0.05) is 17.3 Å². The molecule has 0 aliphatic rings. The van der Waals surface area contributed by atoms with E-state index in [-0.39, 0.29) is 0 Å². The number of hydrogen-bond acceptors (Lipinski definition) is 9. The molecule has 0 fully saturated rings. The molecule has 0 bridgehead atoms. The Bertz CT molecular complexity index is 1380. The lowest BCUT2D eigenvalue weighted by atomic mass is 10.1. The number of hydrogen-bond donors (Lipinski definition) is 2. The van der Waals surface area contributed by atoms with Crippen LogP contribution in [0.3, 0.4) is 0 Å². The second kappa shape index (κ2) is 9.45. The van der Waals surface area contributed by atoms with Crippen molar-refractivity contribution in [3.63, 3.8) is 0 Å². The van der Waals surface area contributed by atoms with Crippen LogP contribution in [0, 0.1) is 6.92 Å². The summed E-state index contributed by atoms with van der Waals surface area (Å²) in [6.45, 7) is 2.36. The van der Waals surface area contributed by atoms with Gasteiger partial charge >= 0.3 is 0 Å². The van der Waals surface area contributed by atoms with Crippen molar-refractivity contribution >= 4 is 17.6 Å². The van der Waals surface area contributed by atoms with Crippen molar-refractivity contribution in [2.45, 2.75) is 13.5 Å². The average molecular weight is 454 g/mol. The number of aromatic nitrogens is 4. The third-order valence-electron chi connectivity index (χ3n) is 5.04. The van der Waals surface area contributed by atoms with E-state index >= 15 is 0 Å². The molecular formula is C25H22N6O3. The van der Waals surface area contributed by atoms with Gasteiger partial charge < -0.3 is 24.2 Å². The van der Waals surface area contributed by atoms with E-state index < -0.39 is 0 Å². The second-order valence-corrected chi connectivity index (χ2v) is 7.44. The molecule has 0 spiro atoms. The number of benzene rings is 2. The van der Waals surface area contributed by atoms with Crippen LogP contribution in [0.5, 0.6) is 5.75 Å².